The summed E-state index contributed by atoms with van der Waals surface area (Å²) in [7, 11) is 1.78. The molecule has 1 saturated heterocycles. The highest BCUT2D eigenvalue weighted by Crippen LogP contribution is 2.30. The summed E-state index contributed by atoms with van der Waals surface area (Å²) in [5.41, 5.74) is 8.40. The second-order valence-corrected chi connectivity index (χ2v) is 6.47. The number of nitrogens with one attached hydrogen (secondary N) is 1. The number of halogens is 1. The molecule has 11 nitrogen and oxygen atoms in total. The number of carbonyl (C=O) groups is 1. The first-order chi connectivity index (χ1) is 13.4. The standard InChI is InChI=1S/C17H18N6O5.HI/c1-10-7-23(17(26)19-15(10)24)14-6-12(20-21-18)13(28-14)9-27-16(25)11-4-3-5-22(2)8-11;/h3-5,7-8,12-14H,6,9H2,1-2H3;1H. The van der Waals surface area contributed by atoms with Gasteiger partial charge in [-0.05, 0) is 18.5 Å². The Labute approximate surface area is 181 Å². The zero-order valence-electron chi connectivity index (χ0n) is 15.7. The van der Waals surface area contributed by atoms with Crippen molar-refractivity contribution in [2.45, 2.75) is 31.7 Å². The average molecular weight is 514 g/mol. The fraction of sp³-hybridized carbons (Fsp3) is 0.412. The lowest BCUT2D eigenvalue weighted by Gasteiger charge is -2.16. The van der Waals surface area contributed by atoms with E-state index in [0.29, 0.717) is 11.1 Å². The summed E-state index contributed by atoms with van der Waals surface area (Å²) < 4.78 is 14.0. The molecule has 0 aliphatic carbocycles. The number of ether oxygens (including phenoxy) is 2. The number of pyridine rings is 1. The Balaban J connectivity index is 0.00000300. The molecule has 3 rings (SSSR count). The third kappa shape index (κ3) is 5.22. The summed E-state index contributed by atoms with van der Waals surface area (Å²) in [6, 6.07) is 2.70. The van der Waals surface area contributed by atoms with E-state index >= 15 is 0 Å². The molecule has 0 spiro atoms. The van der Waals surface area contributed by atoms with Crippen LogP contribution in [0.15, 0.2) is 45.4 Å². The van der Waals surface area contributed by atoms with Crippen LogP contribution in [0.4, 0.5) is 0 Å². The van der Waals surface area contributed by atoms with Crippen molar-refractivity contribution >= 4 is 5.97 Å². The van der Waals surface area contributed by atoms with Crippen molar-refractivity contribution in [1.82, 2.24) is 9.55 Å². The van der Waals surface area contributed by atoms with Crippen LogP contribution in [0.5, 0.6) is 0 Å². The molecule has 3 atom stereocenters. The van der Waals surface area contributed by atoms with Crippen molar-refractivity contribution in [3.63, 3.8) is 0 Å². The molecule has 1 N–H and O–H groups in total. The number of hydrogen-bond donors (Lipinski definition) is 1. The first kappa shape index (κ1) is 22.6. The van der Waals surface area contributed by atoms with Crippen LogP contribution in [0.25, 0.3) is 10.4 Å². The number of aromatic nitrogens is 3. The molecule has 0 bridgehead atoms. The van der Waals surface area contributed by atoms with E-state index in [4.69, 9.17) is 15.0 Å². The fourth-order valence-corrected chi connectivity index (χ4v) is 2.97. The molecule has 1 aliphatic heterocycles. The minimum Gasteiger partial charge on any atom is -1.00 e. The SMILES string of the molecule is Cc1cn(C2CC(N=[N+]=[N-])C(COC(=O)c3ccc[n+](C)c3)O2)c(=O)[nH]c1=O.[I-]. The summed E-state index contributed by atoms with van der Waals surface area (Å²) in [4.78, 5) is 40.8. The zero-order valence-corrected chi connectivity index (χ0v) is 17.8. The predicted octanol–water partition coefficient (Wildman–Crippen LogP) is -2.50. The van der Waals surface area contributed by atoms with Gasteiger partial charge in [0.1, 0.15) is 31.5 Å². The van der Waals surface area contributed by atoms with Crippen molar-refractivity contribution in [1.29, 1.82) is 0 Å². The van der Waals surface area contributed by atoms with Gasteiger partial charge in [0.25, 0.3) is 5.56 Å². The van der Waals surface area contributed by atoms with E-state index in [-0.39, 0.29) is 37.0 Å². The highest BCUT2D eigenvalue weighted by atomic mass is 127. The largest absolute Gasteiger partial charge is 1.00 e. The van der Waals surface area contributed by atoms with Gasteiger partial charge in [-0.25, -0.2) is 14.2 Å². The smallest absolute Gasteiger partial charge is 0.344 e. The molecule has 1 aliphatic rings. The summed E-state index contributed by atoms with van der Waals surface area (Å²) in [5.74, 6) is -0.542. The second-order valence-electron chi connectivity index (χ2n) is 6.47. The Morgan fingerprint density at radius 3 is 2.97 bits per heavy atom. The van der Waals surface area contributed by atoms with Crippen molar-refractivity contribution < 1.29 is 42.8 Å². The third-order valence-electron chi connectivity index (χ3n) is 4.41. The van der Waals surface area contributed by atoms with Gasteiger partial charge in [0.05, 0.1) is 6.04 Å². The first-order valence-electron chi connectivity index (χ1n) is 8.53. The molecule has 3 unspecified atom stereocenters. The van der Waals surface area contributed by atoms with Crippen molar-refractivity contribution in [3.05, 3.63) is 73.1 Å². The molecule has 3 heterocycles. The number of esters is 1. The van der Waals surface area contributed by atoms with E-state index in [1.165, 1.54) is 10.8 Å². The topological polar surface area (TPSA) is 143 Å². The Morgan fingerprint density at radius 1 is 1.52 bits per heavy atom. The van der Waals surface area contributed by atoms with Gasteiger partial charge >= 0.3 is 11.7 Å². The molecule has 0 amide bonds. The lowest BCUT2D eigenvalue weighted by molar-refractivity contribution is -0.671. The van der Waals surface area contributed by atoms with Gasteiger partial charge in [-0.15, -0.1) is 0 Å². The molecule has 0 radical (unpaired) electrons. The monoisotopic (exact) mass is 514 g/mol. The lowest BCUT2D eigenvalue weighted by atomic mass is 10.1. The van der Waals surface area contributed by atoms with E-state index in [1.807, 2.05) is 0 Å². The average Bonchev–Trinajstić information content (AvgIpc) is 3.05. The Bertz CT molecular complexity index is 1060. The summed E-state index contributed by atoms with van der Waals surface area (Å²) >= 11 is 0. The van der Waals surface area contributed by atoms with Crippen LogP contribution in [0.2, 0.25) is 0 Å². The van der Waals surface area contributed by atoms with Crippen LogP contribution in [-0.4, -0.2) is 34.3 Å². The molecule has 2 aromatic heterocycles. The number of hydrogen-bond acceptors (Lipinski definition) is 6. The Hall–Kier alpha value is -2.70. The predicted molar refractivity (Wildman–Crippen MR) is 95.4 cm³/mol. The number of nitrogens with zero attached hydrogens (tertiary/aromatic N) is 5. The summed E-state index contributed by atoms with van der Waals surface area (Å²) in [6.07, 6.45) is 3.52. The normalized spacial score (nSPS) is 20.4. The van der Waals surface area contributed by atoms with Gasteiger partial charge in [-0.3, -0.25) is 14.3 Å². The molecule has 0 aromatic carbocycles. The number of carbonyl (C=O) groups excluding carboxylic acids is 1. The molecule has 154 valence electrons. The van der Waals surface area contributed by atoms with Crippen molar-refractivity contribution in [2.75, 3.05) is 6.61 Å². The van der Waals surface area contributed by atoms with Crippen LogP contribution in [0.3, 0.4) is 0 Å². The number of aryl methyl sites for hydroxylation is 2. The second kappa shape index (κ2) is 9.67. The van der Waals surface area contributed by atoms with Gasteiger partial charge in [0.2, 0.25) is 0 Å². The fourth-order valence-electron chi connectivity index (χ4n) is 2.97. The quantitative estimate of drug-likeness (QED) is 0.117. The molecule has 0 saturated carbocycles. The Kier molecular flexibility index (Phi) is 7.53. The van der Waals surface area contributed by atoms with Gasteiger partial charge < -0.3 is 33.5 Å². The van der Waals surface area contributed by atoms with Crippen LogP contribution < -0.4 is 39.8 Å². The molecule has 2 aromatic rings. The van der Waals surface area contributed by atoms with E-state index in [1.54, 1.807) is 43.1 Å². The Morgan fingerprint density at radius 2 is 2.28 bits per heavy atom. The third-order valence-corrected chi connectivity index (χ3v) is 4.41. The first-order valence-corrected chi connectivity index (χ1v) is 8.53. The van der Waals surface area contributed by atoms with E-state index in [0.717, 1.165) is 0 Å². The molecule has 1 fully saturated rings. The highest BCUT2D eigenvalue weighted by molar-refractivity contribution is 5.88. The van der Waals surface area contributed by atoms with Crippen LogP contribution >= 0.6 is 0 Å². The van der Waals surface area contributed by atoms with Crippen molar-refractivity contribution in [2.24, 2.45) is 12.2 Å². The van der Waals surface area contributed by atoms with Gasteiger partial charge in [0.15, 0.2) is 12.4 Å². The maximum Gasteiger partial charge on any atom is 0.344 e. The van der Waals surface area contributed by atoms with Crippen LogP contribution in [0, 0.1) is 6.92 Å². The number of azide groups is 1. The molecule has 29 heavy (non-hydrogen) atoms. The number of H-pyrrole nitrogens is 1. The molecular weight excluding hydrogens is 495 g/mol. The van der Waals surface area contributed by atoms with Gasteiger partial charge in [-0.1, -0.05) is 5.11 Å². The van der Waals surface area contributed by atoms with Gasteiger partial charge in [-0.2, -0.15) is 0 Å². The number of aromatic amines is 1. The molecular formula is C17H19IN6O5. The maximum absolute atomic E-state index is 12.2. The number of rotatable bonds is 5. The minimum absolute atomic E-state index is 0. The molecule has 12 heteroatoms. The lowest BCUT2D eigenvalue weighted by Crippen LogP contribution is -3.00. The van der Waals surface area contributed by atoms with Crippen LogP contribution in [-0.2, 0) is 16.5 Å². The van der Waals surface area contributed by atoms with E-state index in [9.17, 15) is 14.4 Å². The van der Waals surface area contributed by atoms with Crippen molar-refractivity contribution in [3.8, 4) is 0 Å². The van der Waals surface area contributed by atoms with Gasteiger partial charge in [0, 0.05) is 29.2 Å². The maximum atomic E-state index is 12.2. The van der Waals surface area contributed by atoms with Crippen LogP contribution in [0.1, 0.15) is 28.6 Å². The summed E-state index contributed by atoms with van der Waals surface area (Å²) in [6.45, 7) is 1.42. The minimum atomic E-state index is -0.753. The highest BCUT2D eigenvalue weighted by Gasteiger charge is 2.37. The zero-order chi connectivity index (χ0) is 20.3. The van der Waals surface area contributed by atoms with E-state index < -0.39 is 35.6 Å². The van der Waals surface area contributed by atoms with E-state index in [2.05, 4.69) is 15.0 Å². The summed E-state index contributed by atoms with van der Waals surface area (Å²) in [5, 5.41) is 3.69.